The molecular formula is C13H17N3O2. The molecule has 0 unspecified atom stereocenters. The Hall–Kier alpha value is -1.88. The summed E-state index contributed by atoms with van der Waals surface area (Å²) in [7, 11) is 1.69. The number of para-hydroxylation sites is 1. The van der Waals surface area contributed by atoms with Crippen molar-refractivity contribution in [2.75, 3.05) is 31.6 Å². The second-order valence-corrected chi connectivity index (χ2v) is 4.23. The highest BCUT2D eigenvalue weighted by Gasteiger charge is 2.23. The lowest BCUT2D eigenvalue weighted by molar-refractivity contribution is -0.124. The second-order valence-electron chi connectivity index (χ2n) is 4.23. The number of likely N-dealkylation sites (N-methyl/N-ethyl adjacent to an activating group) is 1. The summed E-state index contributed by atoms with van der Waals surface area (Å²) in [5.41, 5.74) is 2.15. The number of nitrogens with zero attached hydrogens (tertiary/aromatic N) is 1. The van der Waals surface area contributed by atoms with Crippen LogP contribution in [0, 0.1) is 0 Å². The highest BCUT2D eigenvalue weighted by Crippen LogP contribution is 2.27. The molecular weight excluding hydrogens is 230 g/mol. The highest BCUT2D eigenvalue weighted by molar-refractivity contribution is 5.98. The zero-order valence-corrected chi connectivity index (χ0v) is 10.4. The molecule has 2 N–H and O–H groups in total. The fourth-order valence-corrected chi connectivity index (χ4v) is 2.09. The summed E-state index contributed by atoms with van der Waals surface area (Å²) in [6.45, 7) is 0.971. The molecule has 2 rings (SSSR count). The second kappa shape index (κ2) is 5.64. The maximum Gasteiger partial charge on any atom is 0.246 e. The first-order chi connectivity index (χ1) is 8.72. The third kappa shape index (κ3) is 2.68. The van der Waals surface area contributed by atoms with E-state index in [0.717, 1.165) is 12.1 Å². The predicted octanol–water partition coefficient (Wildman–Crippen LogP) is -0.0887. The van der Waals surface area contributed by atoms with E-state index < -0.39 is 0 Å². The number of carbonyl (C=O) groups is 2. The van der Waals surface area contributed by atoms with Crippen molar-refractivity contribution >= 4 is 17.5 Å². The molecule has 0 saturated heterocycles. The Kier molecular flexibility index (Phi) is 3.94. The van der Waals surface area contributed by atoms with Crippen molar-refractivity contribution in [3.05, 3.63) is 29.8 Å². The van der Waals surface area contributed by atoms with Crippen LogP contribution in [0.5, 0.6) is 0 Å². The molecule has 0 bridgehead atoms. The molecule has 0 spiro atoms. The molecule has 1 heterocycles. The van der Waals surface area contributed by atoms with Crippen LogP contribution in [-0.2, 0) is 16.0 Å². The SMILES string of the molecule is CNCC(=O)NCC(=O)N1CCc2ccccc21. The lowest BCUT2D eigenvalue weighted by Gasteiger charge is -2.17. The van der Waals surface area contributed by atoms with Gasteiger partial charge in [-0.2, -0.15) is 0 Å². The smallest absolute Gasteiger partial charge is 0.246 e. The van der Waals surface area contributed by atoms with Crippen LogP contribution < -0.4 is 15.5 Å². The summed E-state index contributed by atoms with van der Waals surface area (Å²) < 4.78 is 0. The van der Waals surface area contributed by atoms with Crippen LogP contribution in [-0.4, -0.2) is 38.5 Å². The molecule has 0 aromatic heterocycles. The summed E-state index contributed by atoms with van der Waals surface area (Å²) in [4.78, 5) is 25.0. The molecule has 96 valence electrons. The van der Waals surface area contributed by atoms with Crippen molar-refractivity contribution in [3.8, 4) is 0 Å². The zero-order valence-electron chi connectivity index (χ0n) is 10.4. The number of benzene rings is 1. The van der Waals surface area contributed by atoms with Crippen molar-refractivity contribution in [2.45, 2.75) is 6.42 Å². The van der Waals surface area contributed by atoms with Crippen LogP contribution in [0.2, 0.25) is 0 Å². The van der Waals surface area contributed by atoms with E-state index >= 15 is 0 Å². The molecule has 0 aliphatic carbocycles. The maximum absolute atomic E-state index is 12.0. The number of hydrogen-bond donors (Lipinski definition) is 2. The normalized spacial score (nSPS) is 13.3. The molecule has 2 amide bonds. The molecule has 5 nitrogen and oxygen atoms in total. The van der Waals surface area contributed by atoms with Gasteiger partial charge in [-0.25, -0.2) is 0 Å². The van der Waals surface area contributed by atoms with E-state index in [0.29, 0.717) is 6.54 Å². The number of hydrogen-bond acceptors (Lipinski definition) is 3. The number of fused-ring (bicyclic) bond motifs is 1. The van der Waals surface area contributed by atoms with Gasteiger partial charge < -0.3 is 15.5 Å². The fourth-order valence-electron chi connectivity index (χ4n) is 2.09. The molecule has 1 aliphatic rings. The van der Waals surface area contributed by atoms with Gasteiger partial charge in [0.2, 0.25) is 11.8 Å². The van der Waals surface area contributed by atoms with Gasteiger partial charge >= 0.3 is 0 Å². The summed E-state index contributed by atoms with van der Waals surface area (Å²) in [6.07, 6.45) is 0.881. The van der Waals surface area contributed by atoms with Gasteiger partial charge in [0.25, 0.3) is 0 Å². The van der Waals surface area contributed by atoms with Crippen LogP contribution >= 0.6 is 0 Å². The Balaban J connectivity index is 1.93. The average Bonchev–Trinajstić information content (AvgIpc) is 2.80. The molecule has 1 aliphatic heterocycles. The van der Waals surface area contributed by atoms with Crippen LogP contribution in [0.25, 0.3) is 0 Å². The Morgan fingerprint density at radius 2 is 2.06 bits per heavy atom. The number of nitrogens with one attached hydrogen (secondary N) is 2. The van der Waals surface area contributed by atoms with Crippen LogP contribution in [0.3, 0.4) is 0 Å². The van der Waals surface area contributed by atoms with Crippen molar-refractivity contribution in [1.29, 1.82) is 0 Å². The van der Waals surface area contributed by atoms with Gasteiger partial charge in [0.1, 0.15) is 0 Å². The topological polar surface area (TPSA) is 61.4 Å². The summed E-state index contributed by atoms with van der Waals surface area (Å²) in [5.74, 6) is -0.234. The lowest BCUT2D eigenvalue weighted by atomic mass is 10.2. The molecule has 1 aromatic rings. The summed E-state index contributed by atoms with van der Waals surface area (Å²) >= 11 is 0. The van der Waals surface area contributed by atoms with Gasteiger partial charge in [-0.3, -0.25) is 9.59 Å². The summed E-state index contributed by atoms with van der Waals surface area (Å²) in [5, 5.41) is 5.34. The quantitative estimate of drug-likeness (QED) is 0.782. The standard InChI is InChI=1S/C13H17N3O2/c1-14-8-12(17)15-9-13(18)16-7-6-10-4-2-3-5-11(10)16/h2-5,14H,6-9H2,1H3,(H,15,17). The van der Waals surface area contributed by atoms with E-state index in [2.05, 4.69) is 10.6 Å². The van der Waals surface area contributed by atoms with Crippen LogP contribution in [0.15, 0.2) is 24.3 Å². The fraction of sp³-hybridized carbons (Fsp3) is 0.385. The first-order valence-electron chi connectivity index (χ1n) is 6.02. The van der Waals surface area contributed by atoms with E-state index in [4.69, 9.17) is 0 Å². The summed E-state index contributed by atoms with van der Waals surface area (Å²) in [6, 6.07) is 7.86. The Bertz CT molecular complexity index is 459. The van der Waals surface area contributed by atoms with Crippen LogP contribution in [0.4, 0.5) is 5.69 Å². The number of anilines is 1. The largest absolute Gasteiger partial charge is 0.346 e. The van der Waals surface area contributed by atoms with Gasteiger partial charge in [0.05, 0.1) is 13.1 Å². The minimum atomic E-state index is -0.168. The monoisotopic (exact) mass is 247 g/mol. The third-order valence-electron chi connectivity index (χ3n) is 2.96. The van der Waals surface area contributed by atoms with E-state index in [1.165, 1.54) is 5.56 Å². The molecule has 0 fully saturated rings. The van der Waals surface area contributed by atoms with Gasteiger partial charge in [0, 0.05) is 12.2 Å². The van der Waals surface area contributed by atoms with Crippen molar-refractivity contribution in [1.82, 2.24) is 10.6 Å². The number of amides is 2. The molecule has 1 aromatic carbocycles. The zero-order chi connectivity index (χ0) is 13.0. The van der Waals surface area contributed by atoms with Gasteiger partial charge in [0.15, 0.2) is 0 Å². The number of rotatable bonds is 4. The van der Waals surface area contributed by atoms with E-state index in [1.807, 2.05) is 24.3 Å². The van der Waals surface area contributed by atoms with Crippen molar-refractivity contribution < 1.29 is 9.59 Å². The average molecular weight is 247 g/mol. The van der Waals surface area contributed by atoms with E-state index in [1.54, 1.807) is 11.9 Å². The van der Waals surface area contributed by atoms with Crippen molar-refractivity contribution in [2.24, 2.45) is 0 Å². The van der Waals surface area contributed by atoms with Crippen molar-refractivity contribution in [3.63, 3.8) is 0 Å². The molecule has 5 heteroatoms. The molecule has 0 saturated carbocycles. The maximum atomic E-state index is 12.0. The van der Waals surface area contributed by atoms with Gasteiger partial charge in [-0.15, -0.1) is 0 Å². The molecule has 0 atom stereocenters. The Morgan fingerprint density at radius 3 is 2.83 bits per heavy atom. The first-order valence-corrected chi connectivity index (χ1v) is 6.02. The van der Waals surface area contributed by atoms with E-state index in [9.17, 15) is 9.59 Å². The van der Waals surface area contributed by atoms with Gasteiger partial charge in [-0.05, 0) is 25.1 Å². The van der Waals surface area contributed by atoms with Gasteiger partial charge in [-0.1, -0.05) is 18.2 Å². The third-order valence-corrected chi connectivity index (χ3v) is 2.96. The predicted molar refractivity (Wildman–Crippen MR) is 69.4 cm³/mol. The molecule has 0 radical (unpaired) electrons. The van der Waals surface area contributed by atoms with Crippen LogP contribution in [0.1, 0.15) is 5.56 Å². The minimum absolute atomic E-state index is 0.0504. The van der Waals surface area contributed by atoms with E-state index in [-0.39, 0.29) is 24.9 Å². The minimum Gasteiger partial charge on any atom is -0.346 e. The Morgan fingerprint density at radius 1 is 1.28 bits per heavy atom. The number of carbonyl (C=O) groups excluding carboxylic acids is 2. The lowest BCUT2D eigenvalue weighted by Crippen LogP contribution is -2.41. The first kappa shape index (κ1) is 12.6. The molecule has 18 heavy (non-hydrogen) atoms. The highest BCUT2D eigenvalue weighted by atomic mass is 16.2. The Labute approximate surface area is 106 Å².